The van der Waals surface area contributed by atoms with Crippen LogP contribution in [0.2, 0.25) is 0 Å². The van der Waals surface area contributed by atoms with Gasteiger partial charge in [0.25, 0.3) is 0 Å². The van der Waals surface area contributed by atoms with Crippen LogP contribution in [0.4, 0.5) is 0 Å². The Kier molecular flexibility index (Phi) is 3.82. The first-order valence-corrected chi connectivity index (χ1v) is 7.77. The normalized spacial score (nSPS) is 38.2. The van der Waals surface area contributed by atoms with Crippen LogP contribution in [0.25, 0.3) is 0 Å². The molecule has 1 aliphatic carbocycles. The molecule has 5 nitrogen and oxygen atoms in total. The summed E-state index contributed by atoms with van der Waals surface area (Å²) in [6.07, 6.45) is 5.55. The minimum atomic E-state index is -0.346. The Morgan fingerprint density at radius 3 is 2.85 bits per heavy atom. The van der Waals surface area contributed by atoms with Crippen LogP contribution in [0, 0.1) is 11.8 Å². The summed E-state index contributed by atoms with van der Waals surface area (Å²) in [6.45, 7) is 5.52. The van der Waals surface area contributed by atoms with Crippen LogP contribution in [0.1, 0.15) is 63.7 Å². The van der Waals surface area contributed by atoms with Gasteiger partial charge in [-0.25, -0.2) is 0 Å². The number of ether oxygens (including phenoxy) is 1. The van der Waals surface area contributed by atoms with Gasteiger partial charge in [-0.2, -0.15) is 4.98 Å². The third-order valence-electron chi connectivity index (χ3n) is 4.99. The van der Waals surface area contributed by atoms with Gasteiger partial charge in [0.1, 0.15) is 5.60 Å². The first kappa shape index (κ1) is 14.0. The molecule has 1 aliphatic heterocycles. The Bertz CT molecular complexity index is 462. The second-order valence-electron chi connectivity index (χ2n) is 6.55. The van der Waals surface area contributed by atoms with E-state index >= 15 is 0 Å². The first-order valence-electron chi connectivity index (χ1n) is 7.77. The van der Waals surface area contributed by atoms with Crippen molar-refractivity contribution in [3.8, 4) is 0 Å². The highest BCUT2D eigenvalue weighted by Gasteiger charge is 2.42. The van der Waals surface area contributed by atoms with Gasteiger partial charge < -0.3 is 14.6 Å². The van der Waals surface area contributed by atoms with Gasteiger partial charge in [-0.3, -0.25) is 0 Å². The summed E-state index contributed by atoms with van der Waals surface area (Å²) in [6, 6.07) is 0.200. The van der Waals surface area contributed by atoms with Crippen LogP contribution in [0.15, 0.2) is 4.52 Å². The van der Waals surface area contributed by atoms with Crippen molar-refractivity contribution in [2.75, 3.05) is 13.7 Å². The molecule has 5 heteroatoms. The second-order valence-corrected chi connectivity index (χ2v) is 6.55. The molecule has 112 valence electrons. The lowest BCUT2D eigenvalue weighted by molar-refractivity contribution is -0.0658. The number of aromatic nitrogens is 2. The fourth-order valence-corrected chi connectivity index (χ4v) is 3.69. The molecule has 2 aliphatic rings. The van der Waals surface area contributed by atoms with E-state index in [1.807, 2.05) is 0 Å². The maximum atomic E-state index is 5.83. The van der Waals surface area contributed by atoms with E-state index < -0.39 is 0 Å². The van der Waals surface area contributed by atoms with Crippen molar-refractivity contribution < 1.29 is 9.26 Å². The lowest BCUT2D eigenvalue weighted by Crippen LogP contribution is -2.35. The SMILES string of the molecule is COC1(c2noc(C3NCCC3C)n2)CCCC(C)C1. The Labute approximate surface area is 120 Å². The number of nitrogens with zero attached hydrogens (tertiary/aromatic N) is 2. The van der Waals surface area contributed by atoms with E-state index in [9.17, 15) is 0 Å². The molecule has 4 unspecified atom stereocenters. The van der Waals surface area contributed by atoms with Gasteiger partial charge >= 0.3 is 0 Å². The molecule has 4 atom stereocenters. The summed E-state index contributed by atoms with van der Waals surface area (Å²) in [5.74, 6) is 2.66. The van der Waals surface area contributed by atoms with Crippen LogP contribution in [0.5, 0.6) is 0 Å². The average molecular weight is 279 g/mol. The summed E-state index contributed by atoms with van der Waals surface area (Å²) < 4.78 is 11.4. The predicted molar refractivity (Wildman–Crippen MR) is 75.1 cm³/mol. The summed E-state index contributed by atoms with van der Waals surface area (Å²) >= 11 is 0. The van der Waals surface area contributed by atoms with Crippen molar-refractivity contribution in [2.45, 2.75) is 57.6 Å². The highest BCUT2D eigenvalue weighted by Crippen LogP contribution is 2.41. The molecule has 0 amide bonds. The van der Waals surface area contributed by atoms with Crippen LogP contribution in [-0.4, -0.2) is 23.8 Å². The summed E-state index contributed by atoms with van der Waals surface area (Å²) in [4.78, 5) is 4.68. The summed E-state index contributed by atoms with van der Waals surface area (Å²) in [7, 11) is 1.77. The topological polar surface area (TPSA) is 60.2 Å². The van der Waals surface area contributed by atoms with Gasteiger partial charge in [0, 0.05) is 7.11 Å². The molecule has 2 fully saturated rings. The van der Waals surface area contributed by atoms with Gasteiger partial charge in [0.05, 0.1) is 6.04 Å². The van der Waals surface area contributed by atoms with E-state index in [0.717, 1.165) is 43.9 Å². The number of rotatable bonds is 3. The standard InChI is InChI=1S/C15H25N3O2/c1-10-5-4-7-15(9-10,19-3)14-17-13(20-18-14)12-11(2)6-8-16-12/h10-12,16H,4-9H2,1-3H3. The van der Waals surface area contributed by atoms with Crippen molar-refractivity contribution >= 4 is 0 Å². The summed E-state index contributed by atoms with van der Waals surface area (Å²) in [5.41, 5.74) is -0.346. The van der Waals surface area contributed by atoms with E-state index in [4.69, 9.17) is 9.26 Å². The van der Waals surface area contributed by atoms with Gasteiger partial charge in [-0.15, -0.1) is 0 Å². The Hall–Kier alpha value is -0.940. The van der Waals surface area contributed by atoms with Gasteiger partial charge in [0.15, 0.2) is 0 Å². The fourth-order valence-electron chi connectivity index (χ4n) is 3.69. The smallest absolute Gasteiger partial charge is 0.244 e. The number of methoxy groups -OCH3 is 1. The molecule has 2 heterocycles. The second kappa shape index (κ2) is 5.45. The van der Waals surface area contributed by atoms with E-state index in [2.05, 4.69) is 29.3 Å². The minimum Gasteiger partial charge on any atom is -0.370 e. The fraction of sp³-hybridized carbons (Fsp3) is 0.867. The zero-order chi connectivity index (χ0) is 14.2. The molecular weight excluding hydrogens is 254 g/mol. The lowest BCUT2D eigenvalue weighted by Gasteiger charge is -2.36. The quantitative estimate of drug-likeness (QED) is 0.922. The molecule has 20 heavy (non-hydrogen) atoms. The Balaban J connectivity index is 1.84. The van der Waals surface area contributed by atoms with Gasteiger partial charge in [-0.05, 0) is 44.1 Å². The Morgan fingerprint density at radius 2 is 2.20 bits per heavy atom. The van der Waals surface area contributed by atoms with Crippen molar-refractivity contribution in [1.29, 1.82) is 0 Å². The van der Waals surface area contributed by atoms with Crippen molar-refractivity contribution in [3.63, 3.8) is 0 Å². The largest absolute Gasteiger partial charge is 0.370 e. The number of hydrogen-bond donors (Lipinski definition) is 1. The van der Waals surface area contributed by atoms with E-state index in [1.54, 1.807) is 7.11 Å². The zero-order valence-electron chi connectivity index (χ0n) is 12.7. The van der Waals surface area contributed by atoms with Crippen molar-refractivity contribution in [3.05, 3.63) is 11.7 Å². The molecule has 1 aromatic heterocycles. The molecule has 0 spiro atoms. The molecule has 1 saturated carbocycles. The molecule has 0 radical (unpaired) electrons. The first-order chi connectivity index (χ1) is 9.64. The van der Waals surface area contributed by atoms with E-state index in [0.29, 0.717) is 11.8 Å². The van der Waals surface area contributed by atoms with Crippen LogP contribution in [0.3, 0.4) is 0 Å². The molecule has 3 rings (SSSR count). The number of nitrogens with one attached hydrogen (secondary N) is 1. The predicted octanol–water partition coefficient (Wildman–Crippen LogP) is 2.79. The highest BCUT2D eigenvalue weighted by molar-refractivity contribution is 5.07. The van der Waals surface area contributed by atoms with Gasteiger partial charge in [0.2, 0.25) is 11.7 Å². The molecular formula is C15H25N3O2. The molecule has 1 N–H and O–H groups in total. The molecule has 0 bridgehead atoms. The highest BCUT2D eigenvalue weighted by atomic mass is 16.5. The molecule has 1 saturated heterocycles. The summed E-state index contributed by atoms with van der Waals surface area (Å²) in [5, 5.41) is 7.69. The van der Waals surface area contributed by atoms with Gasteiger partial charge in [-0.1, -0.05) is 25.4 Å². The maximum Gasteiger partial charge on any atom is 0.244 e. The van der Waals surface area contributed by atoms with E-state index in [-0.39, 0.29) is 11.6 Å². The molecule has 0 aromatic carbocycles. The average Bonchev–Trinajstić information content (AvgIpc) is 3.07. The third-order valence-corrected chi connectivity index (χ3v) is 4.99. The monoisotopic (exact) mass is 279 g/mol. The minimum absolute atomic E-state index is 0.200. The van der Waals surface area contributed by atoms with Crippen molar-refractivity contribution in [2.24, 2.45) is 11.8 Å². The van der Waals surface area contributed by atoms with Crippen LogP contribution < -0.4 is 5.32 Å². The van der Waals surface area contributed by atoms with Crippen molar-refractivity contribution in [1.82, 2.24) is 15.5 Å². The Morgan fingerprint density at radius 1 is 1.35 bits per heavy atom. The van der Waals surface area contributed by atoms with Crippen LogP contribution in [-0.2, 0) is 10.3 Å². The third kappa shape index (κ3) is 2.37. The lowest BCUT2D eigenvalue weighted by atomic mass is 9.78. The van der Waals surface area contributed by atoms with E-state index in [1.165, 1.54) is 6.42 Å². The van der Waals surface area contributed by atoms with Crippen LogP contribution >= 0.6 is 0 Å². The molecule has 1 aromatic rings. The zero-order valence-corrected chi connectivity index (χ0v) is 12.7. The maximum absolute atomic E-state index is 5.83. The number of hydrogen-bond acceptors (Lipinski definition) is 5.